The highest BCUT2D eigenvalue weighted by atomic mass is 16.5. The third kappa shape index (κ3) is 2.82. The van der Waals surface area contributed by atoms with Gasteiger partial charge in [-0.1, -0.05) is 12.2 Å². The zero-order chi connectivity index (χ0) is 11.3. The fourth-order valence-electron chi connectivity index (χ4n) is 1.18. The molecule has 0 radical (unpaired) electrons. The number of aliphatic hydroxyl groups is 1. The Hall–Kier alpha value is -1.81. The maximum Gasteiger partial charge on any atom is 0.336 e. The molecule has 0 saturated heterocycles. The van der Waals surface area contributed by atoms with Crippen LogP contribution in [0.1, 0.15) is 15.9 Å². The second-order valence-corrected chi connectivity index (χ2v) is 2.84. The summed E-state index contributed by atoms with van der Waals surface area (Å²) in [4.78, 5) is 10.8. The van der Waals surface area contributed by atoms with Gasteiger partial charge in [0, 0.05) is 0 Å². The minimum atomic E-state index is -1.00. The van der Waals surface area contributed by atoms with Crippen LogP contribution < -0.4 is 4.74 Å². The molecule has 0 aromatic heterocycles. The Morgan fingerprint density at radius 2 is 2.27 bits per heavy atom. The van der Waals surface area contributed by atoms with E-state index >= 15 is 0 Å². The van der Waals surface area contributed by atoms with Crippen molar-refractivity contribution in [2.75, 3.05) is 13.7 Å². The van der Waals surface area contributed by atoms with Crippen LogP contribution in [0.5, 0.6) is 5.75 Å². The topological polar surface area (TPSA) is 66.8 Å². The average molecular weight is 208 g/mol. The van der Waals surface area contributed by atoms with Gasteiger partial charge in [0.15, 0.2) is 0 Å². The normalized spacial score (nSPS) is 10.5. The molecule has 4 nitrogen and oxygen atoms in total. The molecule has 1 aromatic rings. The Labute approximate surface area is 87.4 Å². The lowest BCUT2D eigenvalue weighted by atomic mass is 10.1. The number of benzene rings is 1. The Kier molecular flexibility index (Phi) is 3.88. The van der Waals surface area contributed by atoms with Crippen molar-refractivity contribution in [3.63, 3.8) is 0 Å². The van der Waals surface area contributed by atoms with Gasteiger partial charge in [0.1, 0.15) is 5.75 Å². The molecule has 0 atom stereocenters. The molecule has 0 amide bonds. The second-order valence-electron chi connectivity index (χ2n) is 2.84. The van der Waals surface area contributed by atoms with E-state index < -0.39 is 5.97 Å². The van der Waals surface area contributed by atoms with Crippen molar-refractivity contribution in [2.24, 2.45) is 0 Å². The Balaban J connectivity index is 3.16. The van der Waals surface area contributed by atoms with Crippen LogP contribution in [0.4, 0.5) is 0 Å². The van der Waals surface area contributed by atoms with Crippen molar-refractivity contribution < 1.29 is 19.7 Å². The Morgan fingerprint density at radius 3 is 2.80 bits per heavy atom. The van der Waals surface area contributed by atoms with Gasteiger partial charge >= 0.3 is 5.97 Å². The molecule has 1 rings (SSSR count). The molecule has 0 aliphatic heterocycles. The summed E-state index contributed by atoms with van der Waals surface area (Å²) in [5, 5.41) is 17.5. The van der Waals surface area contributed by atoms with E-state index in [1.807, 2.05) is 0 Å². The lowest BCUT2D eigenvalue weighted by Gasteiger charge is -2.04. The molecule has 0 heterocycles. The van der Waals surface area contributed by atoms with Gasteiger partial charge in [-0.3, -0.25) is 0 Å². The first-order valence-electron chi connectivity index (χ1n) is 4.37. The van der Waals surface area contributed by atoms with Crippen LogP contribution in [0, 0.1) is 0 Å². The van der Waals surface area contributed by atoms with Crippen LogP contribution in [0.25, 0.3) is 6.08 Å². The van der Waals surface area contributed by atoms with Crippen molar-refractivity contribution >= 4 is 12.0 Å². The quantitative estimate of drug-likeness (QED) is 0.784. The van der Waals surface area contributed by atoms with Crippen molar-refractivity contribution in [3.8, 4) is 5.75 Å². The number of ether oxygens (including phenoxy) is 1. The summed E-state index contributed by atoms with van der Waals surface area (Å²) >= 11 is 0. The number of hydrogen-bond acceptors (Lipinski definition) is 3. The predicted molar refractivity (Wildman–Crippen MR) is 56.1 cm³/mol. The molecular formula is C11H12O4. The maximum absolute atomic E-state index is 10.8. The molecule has 2 N–H and O–H groups in total. The molecule has 0 saturated carbocycles. The first-order valence-corrected chi connectivity index (χ1v) is 4.37. The predicted octanol–water partition coefficient (Wildman–Crippen LogP) is 1.40. The Morgan fingerprint density at radius 1 is 1.53 bits per heavy atom. The summed E-state index contributed by atoms with van der Waals surface area (Å²) < 4.78 is 4.98. The number of methoxy groups -OCH3 is 1. The Bertz CT molecular complexity index is 382. The van der Waals surface area contributed by atoms with Crippen molar-refractivity contribution in [2.45, 2.75) is 0 Å². The van der Waals surface area contributed by atoms with Gasteiger partial charge in [-0.15, -0.1) is 0 Å². The zero-order valence-electron chi connectivity index (χ0n) is 8.30. The average Bonchev–Trinajstić information content (AvgIpc) is 2.25. The maximum atomic E-state index is 10.8. The van der Waals surface area contributed by atoms with E-state index in [2.05, 4.69) is 0 Å². The first kappa shape index (κ1) is 11.3. The van der Waals surface area contributed by atoms with Crippen molar-refractivity contribution in [1.82, 2.24) is 0 Å². The molecule has 0 spiro atoms. The molecule has 0 fully saturated rings. The van der Waals surface area contributed by atoms with Crippen LogP contribution in [0.2, 0.25) is 0 Å². The van der Waals surface area contributed by atoms with Gasteiger partial charge < -0.3 is 14.9 Å². The van der Waals surface area contributed by atoms with Crippen LogP contribution in [-0.2, 0) is 0 Å². The van der Waals surface area contributed by atoms with E-state index in [4.69, 9.17) is 14.9 Å². The van der Waals surface area contributed by atoms with Gasteiger partial charge in [-0.2, -0.15) is 0 Å². The van der Waals surface area contributed by atoms with Gasteiger partial charge in [-0.25, -0.2) is 4.79 Å². The SMILES string of the molecule is COc1ccc(C(=O)O)c(C=CCO)c1. The van der Waals surface area contributed by atoms with E-state index in [9.17, 15) is 4.79 Å². The summed E-state index contributed by atoms with van der Waals surface area (Å²) in [5.74, 6) is -0.423. The standard InChI is InChI=1S/C11H12O4/c1-15-9-4-5-10(11(13)14)8(7-9)3-2-6-12/h2-5,7,12H,6H2,1H3,(H,13,14). The summed E-state index contributed by atoms with van der Waals surface area (Å²) in [5.41, 5.74) is 0.691. The summed E-state index contributed by atoms with van der Waals surface area (Å²) in [6, 6.07) is 4.66. The highest BCUT2D eigenvalue weighted by molar-refractivity contribution is 5.92. The lowest BCUT2D eigenvalue weighted by Crippen LogP contribution is -1.99. The highest BCUT2D eigenvalue weighted by Crippen LogP contribution is 2.19. The molecular weight excluding hydrogens is 196 g/mol. The van der Waals surface area contributed by atoms with Crippen LogP contribution >= 0.6 is 0 Å². The highest BCUT2D eigenvalue weighted by Gasteiger charge is 2.08. The third-order valence-electron chi connectivity index (χ3n) is 1.89. The van der Waals surface area contributed by atoms with Gasteiger partial charge in [0.2, 0.25) is 0 Å². The minimum absolute atomic E-state index is 0.129. The van der Waals surface area contributed by atoms with E-state index in [1.165, 1.54) is 19.3 Å². The lowest BCUT2D eigenvalue weighted by molar-refractivity contribution is 0.0696. The summed E-state index contributed by atoms with van der Waals surface area (Å²) in [7, 11) is 1.51. The fraction of sp³-hybridized carbons (Fsp3) is 0.182. The molecule has 4 heteroatoms. The molecule has 0 aliphatic carbocycles. The fourth-order valence-corrected chi connectivity index (χ4v) is 1.18. The molecule has 0 aliphatic rings. The molecule has 15 heavy (non-hydrogen) atoms. The van der Waals surface area contributed by atoms with Crippen molar-refractivity contribution in [1.29, 1.82) is 0 Å². The minimum Gasteiger partial charge on any atom is -0.497 e. The molecule has 0 bridgehead atoms. The number of carboxylic acid groups (broad SMARTS) is 1. The van der Waals surface area contributed by atoms with E-state index in [1.54, 1.807) is 18.2 Å². The number of rotatable bonds is 4. The molecule has 0 unspecified atom stereocenters. The number of aliphatic hydroxyl groups excluding tert-OH is 1. The first-order chi connectivity index (χ1) is 7.19. The second kappa shape index (κ2) is 5.17. The number of carbonyl (C=O) groups is 1. The monoisotopic (exact) mass is 208 g/mol. The molecule has 1 aromatic carbocycles. The number of carboxylic acids is 1. The number of aromatic carboxylic acids is 1. The van der Waals surface area contributed by atoms with Gasteiger partial charge in [0.25, 0.3) is 0 Å². The summed E-state index contributed by atoms with van der Waals surface area (Å²) in [6.07, 6.45) is 3.02. The van der Waals surface area contributed by atoms with Crippen LogP contribution in [-0.4, -0.2) is 29.9 Å². The van der Waals surface area contributed by atoms with Crippen LogP contribution in [0.3, 0.4) is 0 Å². The van der Waals surface area contributed by atoms with Crippen molar-refractivity contribution in [3.05, 3.63) is 35.4 Å². The smallest absolute Gasteiger partial charge is 0.336 e. The van der Waals surface area contributed by atoms with E-state index in [0.717, 1.165) is 0 Å². The summed E-state index contributed by atoms with van der Waals surface area (Å²) in [6.45, 7) is -0.129. The van der Waals surface area contributed by atoms with Gasteiger partial charge in [-0.05, 0) is 23.8 Å². The zero-order valence-corrected chi connectivity index (χ0v) is 8.30. The van der Waals surface area contributed by atoms with Gasteiger partial charge in [0.05, 0.1) is 19.3 Å². The van der Waals surface area contributed by atoms with E-state index in [-0.39, 0.29) is 12.2 Å². The third-order valence-corrected chi connectivity index (χ3v) is 1.89. The van der Waals surface area contributed by atoms with E-state index in [0.29, 0.717) is 11.3 Å². The van der Waals surface area contributed by atoms with Crippen LogP contribution in [0.15, 0.2) is 24.3 Å². The molecule has 80 valence electrons. The number of hydrogen-bond donors (Lipinski definition) is 2. The largest absolute Gasteiger partial charge is 0.497 e.